The largest absolute Gasteiger partial charge is 0.301 e. The van der Waals surface area contributed by atoms with Gasteiger partial charge in [-0.05, 0) is 24.3 Å². The summed E-state index contributed by atoms with van der Waals surface area (Å²) in [5.74, 6) is 0.796. The SMILES string of the molecule is N#Cc1ccc2ccn(-c3ccncn3)c2c1. The van der Waals surface area contributed by atoms with Crippen LogP contribution in [-0.2, 0) is 0 Å². The van der Waals surface area contributed by atoms with Crippen molar-refractivity contribution in [3.05, 3.63) is 54.6 Å². The Balaban J connectivity index is 2.28. The van der Waals surface area contributed by atoms with E-state index in [4.69, 9.17) is 5.26 Å². The molecular weight excluding hydrogens is 212 g/mol. The zero-order valence-electron chi connectivity index (χ0n) is 8.91. The summed E-state index contributed by atoms with van der Waals surface area (Å²) in [7, 11) is 0. The fourth-order valence-corrected chi connectivity index (χ4v) is 1.82. The van der Waals surface area contributed by atoms with E-state index in [9.17, 15) is 0 Å². The molecule has 0 aliphatic rings. The molecule has 0 saturated heterocycles. The number of benzene rings is 1. The van der Waals surface area contributed by atoms with Crippen LogP contribution in [0.2, 0.25) is 0 Å². The predicted molar refractivity (Wildman–Crippen MR) is 63.6 cm³/mol. The Morgan fingerprint density at radius 3 is 2.88 bits per heavy atom. The highest BCUT2D eigenvalue weighted by Gasteiger charge is 2.04. The zero-order chi connectivity index (χ0) is 11.7. The van der Waals surface area contributed by atoms with Gasteiger partial charge in [0.1, 0.15) is 12.1 Å². The van der Waals surface area contributed by atoms with Crippen LogP contribution >= 0.6 is 0 Å². The third-order valence-electron chi connectivity index (χ3n) is 2.64. The third kappa shape index (κ3) is 1.54. The van der Waals surface area contributed by atoms with E-state index in [1.165, 1.54) is 6.33 Å². The molecule has 0 amide bonds. The van der Waals surface area contributed by atoms with Crippen molar-refractivity contribution in [2.75, 3.05) is 0 Å². The maximum Gasteiger partial charge on any atom is 0.140 e. The van der Waals surface area contributed by atoms with Crippen molar-refractivity contribution in [3.63, 3.8) is 0 Å². The second-order valence-electron chi connectivity index (χ2n) is 3.64. The number of hydrogen-bond donors (Lipinski definition) is 0. The molecule has 0 atom stereocenters. The minimum atomic E-state index is 0.645. The molecule has 1 aromatic carbocycles. The third-order valence-corrected chi connectivity index (χ3v) is 2.64. The molecule has 2 aromatic heterocycles. The minimum absolute atomic E-state index is 0.645. The Kier molecular flexibility index (Phi) is 2.09. The van der Waals surface area contributed by atoms with Crippen LogP contribution < -0.4 is 0 Å². The lowest BCUT2D eigenvalue weighted by atomic mass is 10.2. The summed E-state index contributed by atoms with van der Waals surface area (Å²) in [4.78, 5) is 8.09. The molecule has 0 fully saturated rings. The lowest BCUT2D eigenvalue weighted by Crippen LogP contribution is -1.95. The van der Waals surface area contributed by atoms with Crippen LogP contribution in [0.15, 0.2) is 49.1 Å². The van der Waals surface area contributed by atoms with Gasteiger partial charge in [-0.15, -0.1) is 0 Å². The topological polar surface area (TPSA) is 54.5 Å². The molecule has 4 nitrogen and oxygen atoms in total. The summed E-state index contributed by atoms with van der Waals surface area (Å²) >= 11 is 0. The first-order valence-electron chi connectivity index (χ1n) is 5.16. The van der Waals surface area contributed by atoms with Gasteiger partial charge < -0.3 is 4.57 Å². The standard InChI is InChI=1S/C13H8N4/c14-8-10-1-2-11-4-6-17(12(11)7-10)13-3-5-15-9-16-13/h1-7,9H. The number of hydrogen-bond acceptors (Lipinski definition) is 3. The van der Waals surface area contributed by atoms with Crippen molar-refractivity contribution >= 4 is 10.9 Å². The van der Waals surface area contributed by atoms with E-state index in [1.54, 1.807) is 6.20 Å². The molecule has 80 valence electrons. The summed E-state index contributed by atoms with van der Waals surface area (Å²) in [5, 5.41) is 10.00. The van der Waals surface area contributed by atoms with Gasteiger partial charge in [-0.3, -0.25) is 0 Å². The highest BCUT2D eigenvalue weighted by atomic mass is 15.1. The van der Waals surface area contributed by atoms with Crippen molar-refractivity contribution < 1.29 is 0 Å². The molecule has 0 unspecified atom stereocenters. The minimum Gasteiger partial charge on any atom is -0.301 e. The second kappa shape index (κ2) is 3.72. The van der Waals surface area contributed by atoms with Gasteiger partial charge in [0.25, 0.3) is 0 Å². The van der Waals surface area contributed by atoms with Crippen molar-refractivity contribution in [1.29, 1.82) is 5.26 Å². The van der Waals surface area contributed by atoms with E-state index in [2.05, 4.69) is 16.0 Å². The van der Waals surface area contributed by atoms with Gasteiger partial charge in [0, 0.05) is 17.8 Å². The van der Waals surface area contributed by atoms with E-state index in [0.717, 1.165) is 16.7 Å². The van der Waals surface area contributed by atoms with Gasteiger partial charge in [-0.1, -0.05) is 6.07 Å². The molecule has 17 heavy (non-hydrogen) atoms. The van der Waals surface area contributed by atoms with Crippen molar-refractivity contribution in [2.24, 2.45) is 0 Å². The molecule has 0 N–H and O–H groups in total. The van der Waals surface area contributed by atoms with E-state index >= 15 is 0 Å². The summed E-state index contributed by atoms with van der Waals surface area (Å²) in [6.45, 7) is 0. The Labute approximate surface area is 97.8 Å². The smallest absolute Gasteiger partial charge is 0.140 e. The first kappa shape index (κ1) is 9.55. The molecular formula is C13H8N4. The highest BCUT2D eigenvalue weighted by molar-refractivity contribution is 5.82. The van der Waals surface area contributed by atoms with Crippen LogP contribution in [0.1, 0.15) is 5.56 Å². The van der Waals surface area contributed by atoms with Crippen molar-refractivity contribution in [1.82, 2.24) is 14.5 Å². The number of rotatable bonds is 1. The molecule has 0 aliphatic heterocycles. The van der Waals surface area contributed by atoms with Gasteiger partial charge in [-0.25, -0.2) is 9.97 Å². The first-order chi connectivity index (χ1) is 8.38. The molecule has 0 bridgehead atoms. The predicted octanol–water partition coefficient (Wildman–Crippen LogP) is 2.29. The summed E-state index contributed by atoms with van der Waals surface area (Å²) < 4.78 is 1.94. The van der Waals surface area contributed by atoms with E-state index < -0.39 is 0 Å². The van der Waals surface area contributed by atoms with Crippen LogP contribution in [-0.4, -0.2) is 14.5 Å². The molecule has 3 rings (SSSR count). The fourth-order valence-electron chi connectivity index (χ4n) is 1.82. The maximum atomic E-state index is 8.91. The van der Waals surface area contributed by atoms with Crippen molar-refractivity contribution in [2.45, 2.75) is 0 Å². The van der Waals surface area contributed by atoms with Crippen LogP contribution in [0.5, 0.6) is 0 Å². The number of nitriles is 1. The summed E-state index contributed by atoms with van der Waals surface area (Å²) in [6.07, 6.45) is 5.14. The molecule has 2 heterocycles. The average molecular weight is 220 g/mol. The van der Waals surface area contributed by atoms with E-state index in [0.29, 0.717) is 5.56 Å². The zero-order valence-corrected chi connectivity index (χ0v) is 8.91. The van der Waals surface area contributed by atoms with Crippen LogP contribution in [0, 0.1) is 11.3 Å². The van der Waals surface area contributed by atoms with E-state index in [-0.39, 0.29) is 0 Å². The fraction of sp³-hybridized carbons (Fsp3) is 0. The Morgan fingerprint density at radius 1 is 1.18 bits per heavy atom. The number of nitrogens with zero attached hydrogens (tertiary/aromatic N) is 4. The number of fused-ring (bicyclic) bond motifs is 1. The monoisotopic (exact) mass is 220 g/mol. The lowest BCUT2D eigenvalue weighted by Gasteiger charge is -2.03. The molecule has 0 radical (unpaired) electrons. The molecule has 3 aromatic rings. The van der Waals surface area contributed by atoms with Crippen molar-refractivity contribution in [3.8, 4) is 11.9 Å². The molecule has 0 spiro atoms. The molecule has 4 heteroatoms. The molecule has 0 saturated carbocycles. The van der Waals surface area contributed by atoms with Gasteiger partial charge in [0.15, 0.2) is 0 Å². The van der Waals surface area contributed by atoms with Crippen LogP contribution in [0.3, 0.4) is 0 Å². The summed E-state index contributed by atoms with van der Waals surface area (Å²) in [6, 6.07) is 11.6. The highest BCUT2D eigenvalue weighted by Crippen LogP contribution is 2.20. The maximum absolute atomic E-state index is 8.91. The Hall–Kier alpha value is -2.67. The van der Waals surface area contributed by atoms with Gasteiger partial charge in [0.05, 0.1) is 17.1 Å². The average Bonchev–Trinajstić information content (AvgIpc) is 2.82. The molecule has 0 aliphatic carbocycles. The normalized spacial score (nSPS) is 10.3. The quantitative estimate of drug-likeness (QED) is 0.632. The Morgan fingerprint density at radius 2 is 2.12 bits per heavy atom. The van der Waals surface area contributed by atoms with E-state index in [1.807, 2.05) is 41.1 Å². The van der Waals surface area contributed by atoms with Crippen LogP contribution in [0.4, 0.5) is 0 Å². The van der Waals surface area contributed by atoms with Gasteiger partial charge in [-0.2, -0.15) is 5.26 Å². The number of aromatic nitrogens is 3. The summed E-state index contributed by atoms with van der Waals surface area (Å²) in [5.41, 5.74) is 1.62. The first-order valence-corrected chi connectivity index (χ1v) is 5.16. The van der Waals surface area contributed by atoms with Crippen LogP contribution in [0.25, 0.3) is 16.7 Å². The van der Waals surface area contributed by atoms with Gasteiger partial charge in [0.2, 0.25) is 0 Å². The Bertz CT molecular complexity index is 707. The lowest BCUT2D eigenvalue weighted by molar-refractivity contribution is 1.01. The second-order valence-corrected chi connectivity index (χ2v) is 3.64. The van der Waals surface area contributed by atoms with Gasteiger partial charge >= 0.3 is 0 Å².